The van der Waals surface area contributed by atoms with Crippen molar-refractivity contribution in [2.24, 2.45) is 5.16 Å². The SMILES string of the molecule is Cc1cc(C)cc(/C(Cl)=N/OS(C)(=O)=O)c1. The summed E-state index contributed by atoms with van der Waals surface area (Å²) >= 11 is 5.82. The molecule has 0 heterocycles. The van der Waals surface area contributed by atoms with Crippen LogP contribution in [0.15, 0.2) is 23.4 Å². The summed E-state index contributed by atoms with van der Waals surface area (Å²) in [5, 5.41) is 3.35. The highest BCUT2D eigenvalue weighted by Crippen LogP contribution is 2.12. The molecule has 1 rings (SSSR count). The molecule has 0 aliphatic carbocycles. The molecule has 0 N–H and O–H groups in total. The van der Waals surface area contributed by atoms with Crippen molar-refractivity contribution in [1.29, 1.82) is 0 Å². The maximum Gasteiger partial charge on any atom is 0.325 e. The summed E-state index contributed by atoms with van der Waals surface area (Å²) < 4.78 is 25.7. The zero-order chi connectivity index (χ0) is 12.3. The Morgan fingerprint density at radius 2 is 1.75 bits per heavy atom. The van der Waals surface area contributed by atoms with Gasteiger partial charge in [-0.3, -0.25) is 4.28 Å². The molecular weight excluding hydrogens is 250 g/mol. The molecule has 88 valence electrons. The first-order chi connectivity index (χ1) is 7.28. The molecule has 6 heteroatoms. The maximum absolute atomic E-state index is 10.7. The van der Waals surface area contributed by atoms with Crippen LogP contribution in [-0.2, 0) is 14.4 Å². The predicted octanol–water partition coefficient (Wildman–Crippen LogP) is 2.18. The van der Waals surface area contributed by atoms with E-state index in [2.05, 4.69) is 9.44 Å². The predicted molar refractivity (Wildman–Crippen MR) is 64.2 cm³/mol. The van der Waals surface area contributed by atoms with Gasteiger partial charge >= 0.3 is 10.1 Å². The van der Waals surface area contributed by atoms with Crippen molar-refractivity contribution in [2.45, 2.75) is 13.8 Å². The first-order valence-electron chi connectivity index (χ1n) is 4.49. The lowest BCUT2D eigenvalue weighted by atomic mass is 10.1. The van der Waals surface area contributed by atoms with Crippen LogP contribution in [-0.4, -0.2) is 19.8 Å². The molecular formula is C10H12ClNO3S. The van der Waals surface area contributed by atoms with Crippen LogP contribution < -0.4 is 0 Å². The van der Waals surface area contributed by atoms with Crippen LogP contribution in [0.1, 0.15) is 16.7 Å². The number of aryl methyl sites for hydroxylation is 2. The summed E-state index contributed by atoms with van der Waals surface area (Å²) in [6, 6.07) is 5.57. The van der Waals surface area contributed by atoms with Crippen LogP contribution >= 0.6 is 11.6 Å². The zero-order valence-electron chi connectivity index (χ0n) is 9.19. The minimum atomic E-state index is -3.62. The summed E-state index contributed by atoms with van der Waals surface area (Å²) in [5.74, 6) is 0. The van der Waals surface area contributed by atoms with Gasteiger partial charge in [0.1, 0.15) is 0 Å². The summed E-state index contributed by atoms with van der Waals surface area (Å²) in [7, 11) is -3.62. The Hall–Kier alpha value is -1.07. The highest BCUT2D eigenvalue weighted by Gasteiger charge is 2.05. The van der Waals surface area contributed by atoms with E-state index in [0.717, 1.165) is 17.4 Å². The lowest BCUT2D eigenvalue weighted by Crippen LogP contribution is -2.00. The molecule has 0 aliphatic rings. The molecule has 0 amide bonds. The fourth-order valence-corrected chi connectivity index (χ4v) is 1.64. The third-order valence-electron chi connectivity index (χ3n) is 1.71. The minimum absolute atomic E-state index is 0.0113. The average Bonchev–Trinajstić information content (AvgIpc) is 2.11. The van der Waals surface area contributed by atoms with Gasteiger partial charge in [0.25, 0.3) is 0 Å². The molecule has 0 aromatic heterocycles. The number of hydrogen-bond donors (Lipinski definition) is 0. The van der Waals surface area contributed by atoms with Gasteiger partial charge in [0.15, 0.2) is 5.17 Å². The highest BCUT2D eigenvalue weighted by molar-refractivity contribution is 7.85. The standard InChI is InChI=1S/C10H12ClNO3S/c1-7-4-8(2)6-9(5-7)10(11)12-15-16(3,13)14/h4-6H,1-3H3/b12-10-. The van der Waals surface area contributed by atoms with Gasteiger partial charge in [-0.05, 0) is 26.0 Å². The van der Waals surface area contributed by atoms with Crippen molar-refractivity contribution in [3.05, 3.63) is 34.9 Å². The van der Waals surface area contributed by atoms with E-state index in [0.29, 0.717) is 5.56 Å². The molecule has 0 fully saturated rings. The number of benzene rings is 1. The number of halogens is 1. The van der Waals surface area contributed by atoms with Crippen LogP contribution in [0.5, 0.6) is 0 Å². The molecule has 4 nitrogen and oxygen atoms in total. The van der Waals surface area contributed by atoms with E-state index in [1.54, 1.807) is 12.1 Å². The molecule has 0 aliphatic heterocycles. The summed E-state index contributed by atoms with van der Waals surface area (Å²) in [5.41, 5.74) is 2.66. The lowest BCUT2D eigenvalue weighted by molar-refractivity contribution is 0.344. The third kappa shape index (κ3) is 4.20. The molecule has 1 aromatic rings. The fraction of sp³-hybridized carbons (Fsp3) is 0.300. The largest absolute Gasteiger partial charge is 0.325 e. The van der Waals surface area contributed by atoms with E-state index < -0.39 is 10.1 Å². The number of hydrogen-bond acceptors (Lipinski definition) is 4. The Kier molecular flexibility index (Phi) is 3.93. The Morgan fingerprint density at radius 1 is 1.25 bits per heavy atom. The normalized spacial score (nSPS) is 12.6. The van der Waals surface area contributed by atoms with E-state index >= 15 is 0 Å². The Bertz CT molecular complexity index is 503. The monoisotopic (exact) mass is 261 g/mol. The second kappa shape index (κ2) is 4.84. The van der Waals surface area contributed by atoms with Gasteiger partial charge in [0, 0.05) is 5.56 Å². The molecule has 0 unspecified atom stereocenters. The molecule has 0 saturated heterocycles. The number of rotatable bonds is 3. The van der Waals surface area contributed by atoms with Gasteiger partial charge in [0.05, 0.1) is 6.26 Å². The highest BCUT2D eigenvalue weighted by atomic mass is 35.5. The van der Waals surface area contributed by atoms with E-state index in [1.165, 1.54) is 0 Å². The van der Waals surface area contributed by atoms with Crippen molar-refractivity contribution in [2.75, 3.05) is 6.26 Å². The van der Waals surface area contributed by atoms with Crippen LogP contribution in [0.3, 0.4) is 0 Å². The van der Waals surface area contributed by atoms with Crippen molar-refractivity contribution in [1.82, 2.24) is 0 Å². The number of oxime groups is 1. The minimum Gasteiger partial charge on any atom is -0.267 e. The molecule has 0 saturated carbocycles. The third-order valence-corrected chi connectivity index (χ3v) is 2.35. The van der Waals surface area contributed by atoms with Crippen molar-refractivity contribution in [3.63, 3.8) is 0 Å². The van der Waals surface area contributed by atoms with Gasteiger partial charge in [-0.2, -0.15) is 8.42 Å². The zero-order valence-corrected chi connectivity index (χ0v) is 10.8. The topological polar surface area (TPSA) is 55.7 Å². The Morgan fingerprint density at radius 3 is 2.19 bits per heavy atom. The average molecular weight is 262 g/mol. The molecule has 16 heavy (non-hydrogen) atoms. The van der Waals surface area contributed by atoms with Crippen LogP contribution in [0.4, 0.5) is 0 Å². The molecule has 0 atom stereocenters. The van der Waals surface area contributed by atoms with Crippen molar-refractivity contribution < 1.29 is 12.7 Å². The Balaban J connectivity index is 3.00. The van der Waals surface area contributed by atoms with Gasteiger partial charge in [-0.15, -0.1) is 0 Å². The van der Waals surface area contributed by atoms with E-state index in [1.807, 2.05) is 19.9 Å². The van der Waals surface area contributed by atoms with Gasteiger partial charge in [0.2, 0.25) is 0 Å². The molecule has 1 aromatic carbocycles. The van der Waals surface area contributed by atoms with Crippen molar-refractivity contribution >= 4 is 26.9 Å². The van der Waals surface area contributed by atoms with Gasteiger partial charge in [-0.25, -0.2) is 0 Å². The van der Waals surface area contributed by atoms with Crippen LogP contribution in [0.2, 0.25) is 0 Å². The van der Waals surface area contributed by atoms with E-state index in [9.17, 15) is 8.42 Å². The molecule has 0 bridgehead atoms. The quantitative estimate of drug-likeness (QED) is 0.619. The van der Waals surface area contributed by atoms with E-state index in [-0.39, 0.29) is 5.17 Å². The summed E-state index contributed by atoms with van der Waals surface area (Å²) in [6.45, 7) is 3.83. The second-order valence-corrected chi connectivity index (χ2v) is 5.45. The smallest absolute Gasteiger partial charge is 0.267 e. The second-order valence-electron chi connectivity index (χ2n) is 3.54. The number of nitrogens with zero attached hydrogens (tertiary/aromatic N) is 1. The molecule has 0 spiro atoms. The first-order valence-corrected chi connectivity index (χ1v) is 6.68. The van der Waals surface area contributed by atoms with Crippen molar-refractivity contribution in [3.8, 4) is 0 Å². The summed E-state index contributed by atoms with van der Waals surface area (Å²) in [6.07, 6.45) is 0.905. The summed E-state index contributed by atoms with van der Waals surface area (Å²) in [4.78, 5) is 0. The van der Waals surface area contributed by atoms with Gasteiger partial charge < -0.3 is 0 Å². The first kappa shape index (κ1) is 13.0. The fourth-order valence-electron chi connectivity index (χ4n) is 1.25. The molecule has 0 radical (unpaired) electrons. The Labute approximate surface area is 100.0 Å². The van der Waals surface area contributed by atoms with Crippen LogP contribution in [0, 0.1) is 13.8 Å². The van der Waals surface area contributed by atoms with Gasteiger partial charge in [-0.1, -0.05) is 33.9 Å². The maximum atomic E-state index is 10.7. The van der Waals surface area contributed by atoms with Crippen LogP contribution in [0.25, 0.3) is 0 Å². The lowest BCUT2D eigenvalue weighted by Gasteiger charge is -2.02. The van der Waals surface area contributed by atoms with E-state index in [4.69, 9.17) is 11.6 Å².